The number of hydrogen-bond acceptors (Lipinski definition) is 3. The van der Waals surface area contributed by atoms with Crippen molar-refractivity contribution in [3.05, 3.63) is 27.6 Å². The van der Waals surface area contributed by atoms with Crippen molar-refractivity contribution in [3.8, 4) is 0 Å². The second kappa shape index (κ2) is 6.70. The van der Waals surface area contributed by atoms with E-state index in [2.05, 4.69) is 40.7 Å². The van der Waals surface area contributed by atoms with Gasteiger partial charge >= 0.3 is 5.97 Å². The van der Waals surface area contributed by atoms with Crippen molar-refractivity contribution >= 4 is 40.9 Å². The first-order valence-corrected chi connectivity index (χ1v) is 11.8. The Morgan fingerprint density at radius 1 is 1.48 bits per heavy atom. The van der Waals surface area contributed by atoms with Crippen LogP contribution in [0, 0.1) is 12.7 Å². The van der Waals surface area contributed by atoms with Crippen LogP contribution in [0.1, 0.15) is 16.1 Å². The van der Waals surface area contributed by atoms with E-state index in [4.69, 9.17) is 4.74 Å². The highest BCUT2D eigenvalue weighted by Crippen LogP contribution is 2.30. The van der Waals surface area contributed by atoms with Gasteiger partial charge in [-0.25, -0.2) is 13.9 Å². The van der Waals surface area contributed by atoms with Crippen LogP contribution in [0.2, 0.25) is 25.7 Å². The lowest BCUT2D eigenvalue weighted by atomic mass is 10.1. The number of aryl methyl sites for hydroxylation is 1. The van der Waals surface area contributed by atoms with E-state index in [0.29, 0.717) is 17.6 Å². The number of ether oxygens (including phenoxy) is 1. The lowest BCUT2D eigenvalue weighted by molar-refractivity contribution is 0.0675. The molecule has 5 nitrogen and oxygen atoms in total. The second-order valence-corrected chi connectivity index (χ2v) is 13.2. The lowest BCUT2D eigenvalue weighted by Gasteiger charge is -2.15. The number of carboxylic acid groups (broad SMARTS) is 1. The average molecular weight is 403 g/mol. The molecule has 2 aromatic rings. The summed E-state index contributed by atoms with van der Waals surface area (Å²) in [6.07, 6.45) is 0. The van der Waals surface area contributed by atoms with Gasteiger partial charge in [0.15, 0.2) is 11.5 Å². The number of benzene rings is 1. The molecule has 0 saturated heterocycles. The fourth-order valence-electron chi connectivity index (χ4n) is 2.27. The summed E-state index contributed by atoms with van der Waals surface area (Å²) in [5.41, 5.74) is 0.652. The van der Waals surface area contributed by atoms with Crippen LogP contribution in [0.25, 0.3) is 10.9 Å². The van der Waals surface area contributed by atoms with Gasteiger partial charge in [0.2, 0.25) is 0 Å². The SMILES string of the molecule is Cc1cc(Br)c(F)c2c1c(C(=O)O)nn2COCC[Si](C)(C)C. The van der Waals surface area contributed by atoms with Crippen molar-refractivity contribution in [2.45, 2.75) is 39.3 Å². The van der Waals surface area contributed by atoms with Crippen molar-refractivity contribution in [1.82, 2.24) is 9.78 Å². The summed E-state index contributed by atoms with van der Waals surface area (Å²) in [7, 11) is -1.22. The molecule has 0 fully saturated rings. The van der Waals surface area contributed by atoms with Crippen LogP contribution in [0.3, 0.4) is 0 Å². The van der Waals surface area contributed by atoms with E-state index in [1.807, 2.05) is 0 Å². The van der Waals surface area contributed by atoms with E-state index in [9.17, 15) is 14.3 Å². The van der Waals surface area contributed by atoms with Crippen LogP contribution in [-0.2, 0) is 11.5 Å². The molecule has 0 saturated carbocycles. The Labute approximate surface area is 143 Å². The smallest absolute Gasteiger partial charge is 0.357 e. The molecule has 0 radical (unpaired) electrons. The first kappa shape index (κ1) is 18.1. The van der Waals surface area contributed by atoms with E-state index >= 15 is 0 Å². The molecule has 2 rings (SSSR count). The van der Waals surface area contributed by atoms with Gasteiger partial charge in [-0.05, 0) is 40.5 Å². The molecule has 1 aromatic heterocycles. The third kappa shape index (κ3) is 3.99. The zero-order chi connectivity index (χ0) is 17.4. The second-order valence-electron chi connectivity index (χ2n) is 6.71. The molecule has 0 bridgehead atoms. The quantitative estimate of drug-likeness (QED) is 0.578. The van der Waals surface area contributed by atoms with E-state index in [0.717, 1.165) is 6.04 Å². The van der Waals surface area contributed by atoms with Crippen molar-refractivity contribution in [3.63, 3.8) is 0 Å². The zero-order valence-electron chi connectivity index (χ0n) is 13.6. The van der Waals surface area contributed by atoms with E-state index in [-0.39, 0.29) is 22.4 Å². The number of carbonyl (C=O) groups is 1. The van der Waals surface area contributed by atoms with Gasteiger partial charge in [0, 0.05) is 20.1 Å². The molecular weight excluding hydrogens is 383 g/mol. The van der Waals surface area contributed by atoms with Gasteiger partial charge in [0.1, 0.15) is 12.2 Å². The van der Waals surface area contributed by atoms with Gasteiger partial charge in [0.25, 0.3) is 0 Å². The number of nitrogens with zero attached hydrogens (tertiary/aromatic N) is 2. The van der Waals surface area contributed by atoms with Crippen LogP contribution in [0.4, 0.5) is 4.39 Å². The maximum Gasteiger partial charge on any atom is 0.357 e. The van der Waals surface area contributed by atoms with Gasteiger partial charge in [-0.2, -0.15) is 5.10 Å². The van der Waals surface area contributed by atoms with Crippen molar-refractivity contribution in [2.24, 2.45) is 0 Å². The Hall–Kier alpha value is -1.25. The number of carboxylic acids is 1. The Bertz CT molecular complexity index is 755. The number of halogens is 2. The zero-order valence-corrected chi connectivity index (χ0v) is 16.2. The molecule has 8 heteroatoms. The molecule has 1 aromatic carbocycles. The summed E-state index contributed by atoms with van der Waals surface area (Å²) in [5.74, 6) is -1.71. The van der Waals surface area contributed by atoms with Crippen LogP contribution in [0.5, 0.6) is 0 Å². The summed E-state index contributed by atoms with van der Waals surface area (Å²) >= 11 is 3.16. The Morgan fingerprint density at radius 3 is 2.70 bits per heavy atom. The molecule has 0 spiro atoms. The van der Waals surface area contributed by atoms with Gasteiger partial charge in [-0.1, -0.05) is 19.6 Å². The molecule has 0 aliphatic carbocycles. The number of rotatable bonds is 6. The maximum absolute atomic E-state index is 14.5. The van der Waals surface area contributed by atoms with Crippen LogP contribution < -0.4 is 0 Å². The molecule has 126 valence electrons. The Morgan fingerprint density at radius 2 is 2.13 bits per heavy atom. The van der Waals surface area contributed by atoms with Crippen LogP contribution in [-0.4, -0.2) is 35.5 Å². The van der Waals surface area contributed by atoms with Crippen LogP contribution >= 0.6 is 15.9 Å². The fourth-order valence-corrected chi connectivity index (χ4v) is 3.56. The molecule has 0 atom stereocenters. The van der Waals surface area contributed by atoms with Crippen molar-refractivity contribution < 1.29 is 19.0 Å². The van der Waals surface area contributed by atoms with Gasteiger partial charge in [0.05, 0.1) is 4.47 Å². The van der Waals surface area contributed by atoms with Gasteiger partial charge in [-0.15, -0.1) is 0 Å². The molecule has 1 heterocycles. The average Bonchev–Trinajstić information content (AvgIpc) is 2.80. The molecule has 0 aliphatic heterocycles. The molecule has 0 amide bonds. The normalized spacial score (nSPS) is 12.1. The summed E-state index contributed by atoms with van der Waals surface area (Å²) < 4.78 is 21.6. The highest BCUT2D eigenvalue weighted by Gasteiger charge is 2.23. The molecule has 1 N–H and O–H groups in total. The summed E-state index contributed by atoms with van der Waals surface area (Å²) in [6.45, 7) is 9.03. The standard InChI is InChI=1S/C15H20BrFN2O3Si/c1-9-7-10(16)12(17)14-11(9)13(15(20)21)18-19(14)8-22-5-6-23(2,3)4/h7H,5-6,8H2,1-4H3,(H,20,21). The number of hydrogen-bond donors (Lipinski definition) is 1. The Balaban J connectivity index is 2.38. The van der Waals surface area contributed by atoms with E-state index < -0.39 is 19.9 Å². The van der Waals surface area contributed by atoms with E-state index in [1.165, 1.54) is 4.68 Å². The summed E-state index contributed by atoms with van der Waals surface area (Å²) in [6, 6.07) is 2.53. The first-order chi connectivity index (χ1) is 10.6. The Kier molecular flexibility index (Phi) is 5.27. The van der Waals surface area contributed by atoms with Gasteiger partial charge in [-0.3, -0.25) is 0 Å². The van der Waals surface area contributed by atoms with Gasteiger partial charge < -0.3 is 9.84 Å². The third-order valence-electron chi connectivity index (χ3n) is 3.52. The predicted molar refractivity (Wildman–Crippen MR) is 93.2 cm³/mol. The number of aromatic nitrogens is 2. The summed E-state index contributed by atoms with van der Waals surface area (Å²) in [4.78, 5) is 11.4. The highest BCUT2D eigenvalue weighted by molar-refractivity contribution is 9.10. The van der Waals surface area contributed by atoms with Crippen molar-refractivity contribution in [1.29, 1.82) is 0 Å². The number of aromatic carboxylic acids is 1. The molecule has 23 heavy (non-hydrogen) atoms. The monoisotopic (exact) mass is 402 g/mol. The first-order valence-electron chi connectivity index (χ1n) is 7.28. The molecule has 0 unspecified atom stereocenters. The van der Waals surface area contributed by atoms with E-state index in [1.54, 1.807) is 13.0 Å². The van der Waals surface area contributed by atoms with Crippen molar-refractivity contribution in [2.75, 3.05) is 6.61 Å². The van der Waals surface area contributed by atoms with Crippen LogP contribution in [0.15, 0.2) is 10.5 Å². The minimum atomic E-state index is -1.22. The maximum atomic E-state index is 14.5. The molecule has 0 aliphatic rings. The largest absolute Gasteiger partial charge is 0.476 e. The minimum Gasteiger partial charge on any atom is -0.476 e. The number of fused-ring (bicyclic) bond motifs is 1. The topological polar surface area (TPSA) is 64.3 Å². The third-order valence-corrected chi connectivity index (χ3v) is 5.80. The minimum absolute atomic E-state index is 0.0288. The fraction of sp³-hybridized carbons (Fsp3) is 0.467. The highest BCUT2D eigenvalue weighted by atomic mass is 79.9. The molecular formula is C15H20BrFN2O3Si. The predicted octanol–water partition coefficient (Wildman–Crippen LogP) is 4.26. The summed E-state index contributed by atoms with van der Waals surface area (Å²) in [5, 5.41) is 13.7. The lowest BCUT2D eigenvalue weighted by Crippen LogP contribution is -2.22.